The second-order valence-corrected chi connectivity index (χ2v) is 6.32. The highest BCUT2D eigenvalue weighted by molar-refractivity contribution is 5.74. The van der Waals surface area contributed by atoms with Crippen molar-refractivity contribution < 1.29 is 9.53 Å². The molecule has 0 heterocycles. The molecule has 0 saturated heterocycles. The molecular formula is C14H25N3O2+2. The lowest BCUT2D eigenvalue weighted by molar-refractivity contribution is 0.202. The molecule has 0 aliphatic rings. The van der Waals surface area contributed by atoms with Crippen LogP contribution in [0.4, 0.5) is 16.2 Å². The number of ether oxygens (including phenoxy) is 1. The minimum atomic E-state index is -0.451. The van der Waals surface area contributed by atoms with Crippen LogP contribution in [0.25, 0.3) is 0 Å². The van der Waals surface area contributed by atoms with E-state index in [0.717, 1.165) is 11.4 Å². The summed E-state index contributed by atoms with van der Waals surface area (Å²) in [6.07, 6.45) is -0.451. The summed E-state index contributed by atoms with van der Waals surface area (Å²) in [5.74, 6) is 0.595. The summed E-state index contributed by atoms with van der Waals surface area (Å²) in [5, 5.41) is 2.48. The van der Waals surface area contributed by atoms with Crippen molar-refractivity contribution in [1.29, 1.82) is 0 Å². The second kappa shape index (κ2) is 5.19. The Hall–Kier alpha value is -1.59. The zero-order chi connectivity index (χ0) is 14.8. The first-order valence-electron chi connectivity index (χ1n) is 6.23. The molecule has 1 aromatic carbocycles. The molecule has 1 rings (SSSR count). The molecule has 0 fully saturated rings. The maximum atomic E-state index is 11.5. The summed E-state index contributed by atoms with van der Waals surface area (Å²) in [6.45, 7) is 0. The van der Waals surface area contributed by atoms with Gasteiger partial charge in [0.2, 0.25) is 0 Å². The largest absolute Gasteiger partial charge is 0.412 e. The van der Waals surface area contributed by atoms with Gasteiger partial charge in [-0.05, 0) is 0 Å². The number of amides is 1. The molecule has 0 aromatic heterocycles. The van der Waals surface area contributed by atoms with Gasteiger partial charge in [-0.3, -0.25) is 8.97 Å². The summed E-state index contributed by atoms with van der Waals surface area (Å²) in [4.78, 5) is 11.5. The van der Waals surface area contributed by atoms with E-state index in [1.54, 1.807) is 7.05 Å². The molecule has 19 heavy (non-hydrogen) atoms. The van der Waals surface area contributed by atoms with Crippen LogP contribution in [0.5, 0.6) is 5.75 Å². The van der Waals surface area contributed by atoms with Crippen LogP contribution < -0.4 is 19.0 Å². The van der Waals surface area contributed by atoms with Crippen LogP contribution in [-0.2, 0) is 0 Å². The van der Waals surface area contributed by atoms with Crippen molar-refractivity contribution in [1.82, 2.24) is 14.3 Å². The zero-order valence-electron chi connectivity index (χ0n) is 12.9. The van der Waals surface area contributed by atoms with Crippen LogP contribution in [0.2, 0.25) is 0 Å². The number of benzene rings is 1. The van der Waals surface area contributed by atoms with E-state index < -0.39 is 6.09 Å². The van der Waals surface area contributed by atoms with Crippen LogP contribution in [-0.4, -0.2) is 55.4 Å². The first kappa shape index (κ1) is 15.5. The predicted octanol–water partition coefficient (Wildman–Crippen LogP) is 1.80. The van der Waals surface area contributed by atoms with Crippen molar-refractivity contribution >= 4 is 17.5 Å². The first-order valence-corrected chi connectivity index (χ1v) is 6.23. The van der Waals surface area contributed by atoms with Gasteiger partial charge in [-0.15, -0.1) is 0 Å². The van der Waals surface area contributed by atoms with E-state index in [-0.39, 0.29) is 0 Å². The Bertz CT molecular complexity index is 471. The van der Waals surface area contributed by atoms with Gasteiger partial charge in [0.25, 0.3) is 0 Å². The van der Waals surface area contributed by atoms with Crippen molar-refractivity contribution in [3.63, 3.8) is 0 Å². The molecule has 0 saturated carbocycles. The van der Waals surface area contributed by atoms with Crippen molar-refractivity contribution in [2.75, 3.05) is 49.3 Å². The molecule has 5 nitrogen and oxygen atoms in total. The molecule has 0 aliphatic heterocycles. The smallest absolute Gasteiger partial charge is 0.404 e. The first-order chi connectivity index (χ1) is 8.55. The quantitative estimate of drug-likeness (QED) is 0.848. The van der Waals surface area contributed by atoms with Crippen LogP contribution >= 0.6 is 0 Å². The van der Waals surface area contributed by atoms with E-state index in [9.17, 15) is 4.79 Å². The number of rotatable bonds is 3. The Balaban J connectivity index is 3.31. The number of hydrogen-bond donors (Lipinski definition) is 1. The summed E-state index contributed by atoms with van der Waals surface area (Å²) in [7, 11) is 13.9. The Morgan fingerprint density at radius 1 is 1.05 bits per heavy atom. The lowest BCUT2D eigenvalue weighted by Gasteiger charge is -2.28. The molecule has 1 aromatic rings. The predicted molar refractivity (Wildman–Crippen MR) is 80.7 cm³/mol. The van der Waals surface area contributed by atoms with Gasteiger partial charge >= 0.3 is 6.09 Å². The molecule has 0 unspecified atom stereocenters. The van der Waals surface area contributed by atoms with Crippen molar-refractivity contribution in [2.24, 2.45) is 0 Å². The van der Waals surface area contributed by atoms with E-state index in [2.05, 4.69) is 32.5 Å². The van der Waals surface area contributed by atoms with Gasteiger partial charge in [0.15, 0.2) is 11.4 Å². The molecule has 5 heteroatoms. The van der Waals surface area contributed by atoms with E-state index in [0.29, 0.717) is 14.7 Å². The van der Waals surface area contributed by atoms with Gasteiger partial charge in [-0.1, -0.05) is 0 Å². The number of nitrogens with one attached hydrogen (secondary N) is 1. The van der Waals surface area contributed by atoms with Crippen LogP contribution in [0.3, 0.4) is 0 Å². The van der Waals surface area contributed by atoms with Gasteiger partial charge < -0.3 is 10.1 Å². The minimum absolute atomic E-state index is 0.451. The normalized spacial score (nSPS) is 12.2. The third-order valence-electron chi connectivity index (χ3n) is 2.85. The average Bonchev–Trinajstić information content (AvgIpc) is 2.26. The number of nitrogens with zero attached hydrogens (tertiary/aromatic N) is 2. The number of quaternary nitrogens is 2. The molecule has 0 radical (unpaired) electrons. The Morgan fingerprint density at radius 2 is 1.63 bits per heavy atom. The van der Waals surface area contributed by atoms with Crippen molar-refractivity contribution in [2.45, 2.75) is 0 Å². The van der Waals surface area contributed by atoms with E-state index in [4.69, 9.17) is 4.74 Å². The van der Waals surface area contributed by atoms with Crippen LogP contribution in [0.15, 0.2) is 18.2 Å². The number of carbonyl (C=O) groups is 1. The Labute approximate surface area is 115 Å². The fourth-order valence-corrected chi connectivity index (χ4v) is 1.71. The average molecular weight is 267 g/mol. The third-order valence-corrected chi connectivity index (χ3v) is 2.85. The lowest BCUT2D eigenvalue weighted by atomic mass is 10.2. The number of hydrogen-bond acceptors (Lipinski definition) is 2. The SMILES string of the molecule is CNC(=O)Oc1cc([N+](C)(C)C)ccc1[N+](C)(C)C. The van der Waals surface area contributed by atoms with Gasteiger partial charge in [0.05, 0.1) is 42.3 Å². The van der Waals surface area contributed by atoms with Gasteiger partial charge in [0, 0.05) is 25.2 Å². The van der Waals surface area contributed by atoms with Crippen LogP contribution in [0.1, 0.15) is 0 Å². The monoisotopic (exact) mass is 267 g/mol. The summed E-state index contributed by atoms with van der Waals surface area (Å²) >= 11 is 0. The standard InChI is InChI=1S/C14H24N3O2/c1-15-14(18)19-13-10-11(16(2,3)4)8-9-12(13)17(5,6)7/h8-10H,1-7H3/q+1/p+1. The highest BCUT2D eigenvalue weighted by Crippen LogP contribution is 2.35. The van der Waals surface area contributed by atoms with Crippen LogP contribution in [0, 0.1) is 0 Å². The summed E-state index contributed by atoms with van der Waals surface area (Å²) in [5.41, 5.74) is 2.04. The Morgan fingerprint density at radius 3 is 2.05 bits per heavy atom. The molecule has 0 aliphatic carbocycles. The van der Waals surface area contributed by atoms with Gasteiger partial charge in [-0.25, -0.2) is 4.79 Å². The lowest BCUT2D eigenvalue weighted by Crippen LogP contribution is -2.37. The van der Waals surface area contributed by atoms with Crippen molar-refractivity contribution in [3.05, 3.63) is 18.2 Å². The van der Waals surface area contributed by atoms with Gasteiger partial charge in [0.1, 0.15) is 5.69 Å². The fraction of sp³-hybridized carbons (Fsp3) is 0.500. The fourth-order valence-electron chi connectivity index (χ4n) is 1.71. The molecule has 0 atom stereocenters. The Kier molecular flexibility index (Phi) is 4.22. The summed E-state index contributed by atoms with van der Waals surface area (Å²) < 4.78 is 6.64. The third kappa shape index (κ3) is 3.94. The second-order valence-electron chi connectivity index (χ2n) is 6.32. The molecule has 0 bridgehead atoms. The van der Waals surface area contributed by atoms with E-state index >= 15 is 0 Å². The summed E-state index contributed by atoms with van der Waals surface area (Å²) in [6, 6.07) is 6.00. The maximum Gasteiger partial charge on any atom is 0.412 e. The molecule has 106 valence electrons. The van der Waals surface area contributed by atoms with E-state index in [1.165, 1.54) is 0 Å². The highest BCUT2D eigenvalue weighted by atomic mass is 16.6. The topological polar surface area (TPSA) is 38.3 Å². The van der Waals surface area contributed by atoms with E-state index in [1.807, 2.05) is 33.3 Å². The van der Waals surface area contributed by atoms with Gasteiger partial charge in [-0.2, -0.15) is 0 Å². The molecular weight excluding hydrogens is 242 g/mol. The number of carbonyl (C=O) groups excluding carboxylic acids is 1. The van der Waals surface area contributed by atoms with Crippen molar-refractivity contribution in [3.8, 4) is 5.75 Å². The highest BCUT2D eigenvalue weighted by Gasteiger charge is 2.24. The minimum Gasteiger partial charge on any atom is -0.404 e. The molecule has 1 amide bonds. The maximum absolute atomic E-state index is 11.5. The molecule has 0 spiro atoms. The molecule has 1 N–H and O–H groups in total. The zero-order valence-corrected chi connectivity index (χ0v) is 12.9.